The summed E-state index contributed by atoms with van der Waals surface area (Å²) in [5.74, 6) is -1.36. The van der Waals surface area contributed by atoms with Crippen LogP contribution in [-0.2, 0) is 6.18 Å². The summed E-state index contributed by atoms with van der Waals surface area (Å²) in [7, 11) is 0. The van der Waals surface area contributed by atoms with E-state index in [0.29, 0.717) is 6.42 Å². The van der Waals surface area contributed by atoms with Crippen molar-refractivity contribution >= 4 is 17.4 Å². The highest BCUT2D eigenvalue weighted by Crippen LogP contribution is 2.28. The first-order valence-electron chi connectivity index (χ1n) is 4.86. The van der Waals surface area contributed by atoms with Gasteiger partial charge in [-0.05, 0) is 6.42 Å². The normalized spacial score (nSPS) is 13.5. The Labute approximate surface area is 101 Å². The van der Waals surface area contributed by atoms with Gasteiger partial charge in [0.2, 0.25) is 5.82 Å². The largest absolute Gasteiger partial charge is 0.451 e. The van der Waals surface area contributed by atoms with Gasteiger partial charge in [-0.25, -0.2) is 9.97 Å². The summed E-state index contributed by atoms with van der Waals surface area (Å²) < 4.78 is 37.2. The SMILES string of the molecule is CCC(CO)Nc1cc(Cl)nc(C(F)(F)F)n1. The van der Waals surface area contributed by atoms with Crippen molar-refractivity contribution in [3.63, 3.8) is 0 Å². The molecule has 1 unspecified atom stereocenters. The predicted octanol–water partition coefficient (Wildman–Crippen LogP) is 2.33. The number of nitrogens with zero attached hydrogens (tertiary/aromatic N) is 2. The van der Waals surface area contributed by atoms with Gasteiger partial charge in [-0.15, -0.1) is 0 Å². The predicted molar refractivity (Wildman–Crippen MR) is 56.8 cm³/mol. The lowest BCUT2D eigenvalue weighted by atomic mass is 10.2. The van der Waals surface area contributed by atoms with Gasteiger partial charge in [0.05, 0.1) is 12.6 Å². The molecule has 0 aliphatic heterocycles. The van der Waals surface area contributed by atoms with E-state index >= 15 is 0 Å². The van der Waals surface area contributed by atoms with Gasteiger partial charge in [-0.1, -0.05) is 18.5 Å². The van der Waals surface area contributed by atoms with E-state index in [0.717, 1.165) is 0 Å². The Kier molecular flexibility index (Phi) is 4.53. The molecular weight excluding hydrogens is 259 g/mol. The van der Waals surface area contributed by atoms with Gasteiger partial charge in [-0.3, -0.25) is 0 Å². The Morgan fingerprint density at radius 1 is 1.47 bits per heavy atom. The average Bonchev–Trinajstić information content (AvgIpc) is 2.24. The van der Waals surface area contributed by atoms with Crippen LogP contribution < -0.4 is 5.32 Å². The van der Waals surface area contributed by atoms with Crippen LogP contribution in [0.5, 0.6) is 0 Å². The van der Waals surface area contributed by atoms with Crippen LogP contribution in [0.4, 0.5) is 19.0 Å². The fourth-order valence-corrected chi connectivity index (χ4v) is 1.29. The third kappa shape index (κ3) is 4.01. The summed E-state index contributed by atoms with van der Waals surface area (Å²) >= 11 is 5.47. The minimum Gasteiger partial charge on any atom is -0.394 e. The molecule has 0 aromatic carbocycles. The third-order valence-corrected chi connectivity index (χ3v) is 2.21. The van der Waals surface area contributed by atoms with Gasteiger partial charge in [-0.2, -0.15) is 13.2 Å². The van der Waals surface area contributed by atoms with Gasteiger partial charge in [0, 0.05) is 6.07 Å². The molecule has 8 heteroatoms. The second-order valence-corrected chi connectivity index (χ2v) is 3.72. The molecule has 1 aromatic heterocycles. The van der Waals surface area contributed by atoms with E-state index in [-0.39, 0.29) is 23.6 Å². The van der Waals surface area contributed by atoms with Crippen LogP contribution in [0.1, 0.15) is 19.2 Å². The number of hydrogen-bond acceptors (Lipinski definition) is 4. The highest BCUT2D eigenvalue weighted by molar-refractivity contribution is 6.29. The van der Waals surface area contributed by atoms with Crippen molar-refractivity contribution in [2.75, 3.05) is 11.9 Å². The number of hydrogen-bond donors (Lipinski definition) is 2. The molecule has 0 fully saturated rings. The first-order valence-corrected chi connectivity index (χ1v) is 5.23. The molecule has 1 atom stereocenters. The lowest BCUT2D eigenvalue weighted by Gasteiger charge is -2.15. The highest BCUT2D eigenvalue weighted by atomic mass is 35.5. The monoisotopic (exact) mass is 269 g/mol. The van der Waals surface area contributed by atoms with Gasteiger partial charge in [0.25, 0.3) is 0 Å². The van der Waals surface area contributed by atoms with Crippen molar-refractivity contribution in [1.82, 2.24) is 9.97 Å². The maximum atomic E-state index is 12.4. The highest BCUT2D eigenvalue weighted by Gasteiger charge is 2.35. The fraction of sp³-hybridized carbons (Fsp3) is 0.556. The first-order chi connectivity index (χ1) is 7.86. The molecule has 2 N–H and O–H groups in total. The van der Waals surface area contributed by atoms with E-state index in [9.17, 15) is 13.2 Å². The maximum Gasteiger partial charge on any atom is 0.451 e. The minimum absolute atomic E-state index is 0.0572. The van der Waals surface area contributed by atoms with Crippen LogP contribution in [0, 0.1) is 0 Å². The van der Waals surface area contributed by atoms with E-state index in [1.54, 1.807) is 6.92 Å². The first kappa shape index (κ1) is 14.0. The van der Waals surface area contributed by atoms with Gasteiger partial charge < -0.3 is 10.4 Å². The quantitative estimate of drug-likeness (QED) is 0.824. The molecule has 1 heterocycles. The molecule has 0 aliphatic carbocycles. The fourth-order valence-electron chi connectivity index (χ4n) is 1.10. The molecule has 17 heavy (non-hydrogen) atoms. The third-order valence-electron chi connectivity index (χ3n) is 2.01. The molecule has 96 valence electrons. The Balaban J connectivity index is 2.97. The lowest BCUT2D eigenvalue weighted by Crippen LogP contribution is -2.24. The molecule has 0 aliphatic rings. The zero-order valence-electron chi connectivity index (χ0n) is 8.92. The molecule has 0 bridgehead atoms. The molecular formula is C9H11ClF3N3O. The Bertz CT molecular complexity index is 382. The topological polar surface area (TPSA) is 58.0 Å². The van der Waals surface area contributed by atoms with Crippen LogP contribution >= 0.6 is 11.6 Å². The summed E-state index contributed by atoms with van der Waals surface area (Å²) in [5.41, 5.74) is 0. The number of rotatable bonds is 4. The molecule has 1 aromatic rings. The molecule has 0 radical (unpaired) electrons. The number of aliphatic hydroxyl groups is 1. The Morgan fingerprint density at radius 2 is 2.12 bits per heavy atom. The van der Waals surface area contributed by atoms with Crippen LogP contribution in [0.25, 0.3) is 0 Å². The summed E-state index contributed by atoms with van der Waals surface area (Å²) in [5, 5.41) is 11.3. The van der Waals surface area contributed by atoms with E-state index < -0.39 is 12.0 Å². The van der Waals surface area contributed by atoms with Crippen molar-refractivity contribution < 1.29 is 18.3 Å². The number of anilines is 1. The van der Waals surface area contributed by atoms with Crippen LogP contribution in [0.2, 0.25) is 5.15 Å². The van der Waals surface area contributed by atoms with Crippen molar-refractivity contribution in [3.05, 3.63) is 17.0 Å². The molecule has 0 saturated carbocycles. The summed E-state index contributed by atoms with van der Waals surface area (Å²) in [4.78, 5) is 6.39. The van der Waals surface area contributed by atoms with E-state index in [4.69, 9.17) is 16.7 Å². The number of alkyl halides is 3. The van der Waals surface area contributed by atoms with Crippen molar-refractivity contribution in [1.29, 1.82) is 0 Å². The second kappa shape index (κ2) is 5.50. The van der Waals surface area contributed by atoms with Gasteiger partial charge >= 0.3 is 6.18 Å². The average molecular weight is 270 g/mol. The molecule has 0 saturated heterocycles. The number of aliphatic hydroxyl groups excluding tert-OH is 1. The zero-order valence-corrected chi connectivity index (χ0v) is 9.68. The van der Waals surface area contributed by atoms with Gasteiger partial charge in [0.15, 0.2) is 0 Å². The van der Waals surface area contributed by atoms with Crippen LogP contribution in [0.3, 0.4) is 0 Å². The van der Waals surface area contributed by atoms with E-state index in [1.165, 1.54) is 6.07 Å². The smallest absolute Gasteiger partial charge is 0.394 e. The molecule has 1 rings (SSSR count). The standard InChI is InChI=1S/C9H11ClF3N3O/c1-2-5(4-17)14-7-3-6(10)15-8(16-7)9(11,12)13/h3,5,17H,2,4H2,1H3,(H,14,15,16). The molecule has 0 spiro atoms. The maximum absolute atomic E-state index is 12.4. The molecule has 0 amide bonds. The van der Waals surface area contributed by atoms with E-state index in [2.05, 4.69) is 15.3 Å². The number of halogens is 4. The summed E-state index contributed by atoms with van der Waals surface area (Å²) in [6.45, 7) is 1.57. The van der Waals surface area contributed by atoms with Crippen LogP contribution in [0.15, 0.2) is 6.07 Å². The van der Waals surface area contributed by atoms with Crippen LogP contribution in [-0.4, -0.2) is 27.7 Å². The number of aromatic nitrogens is 2. The molecule has 4 nitrogen and oxygen atoms in total. The Morgan fingerprint density at radius 3 is 2.59 bits per heavy atom. The zero-order chi connectivity index (χ0) is 13.1. The Hall–Kier alpha value is -1.08. The van der Waals surface area contributed by atoms with Crippen molar-refractivity contribution in [2.45, 2.75) is 25.6 Å². The van der Waals surface area contributed by atoms with Gasteiger partial charge in [0.1, 0.15) is 11.0 Å². The lowest BCUT2D eigenvalue weighted by molar-refractivity contribution is -0.144. The van der Waals surface area contributed by atoms with Crippen molar-refractivity contribution in [3.8, 4) is 0 Å². The minimum atomic E-state index is -4.65. The number of nitrogens with one attached hydrogen (secondary N) is 1. The van der Waals surface area contributed by atoms with Crippen molar-refractivity contribution in [2.24, 2.45) is 0 Å². The summed E-state index contributed by atoms with van der Waals surface area (Å²) in [6.07, 6.45) is -4.11. The van der Waals surface area contributed by atoms with E-state index in [1.807, 2.05) is 0 Å². The second-order valence-electron chi connectivity index (χ2n) is 3.33. The summed E-state index contributed by atoms with van der Waals surface area (Å²) in [6, 6.07) is 0.803.